The SMILES string of the molecule is O=C(Cc1ccncc1)N1CCO[C@H](CCCc2ccccc2)C1. The van der Waals surface area contributed by atoms with Crippen LogP contribution in [0.1, 0.15) is 24.0 Å². The number of aryl methyl sites for hydroxylation is 1. The number of aromatic nitrogens is 1. The van der Waals surface area contributed by atoms with E-state index in [-0.39, 0.29) is 12.0 Å². The minimum atomic E-state index is 0.156. The molecule has 0 aliphatic carbocycles. The Morgan fingerprint density at radius 2 is 1.92 bits per heavy atom. The number of morpholine rings is 1. The van der Waals surface area contributed by atoms with Crippen molar-refractivity contribution in [3.8, 4) is 0 Å². The predicted octanol–water partition coefficient (Wildman–Crippen LogP) is 2.87. The Bertz CT molecular complexity index is 631. The summed E-state index contributed by atoms with van der Waals surface area (Å²) < 4.78 is 5.84. The summed E-state index contributed by atoms with van der Waals surface area (Å²) in [7, 11) is 0. The first-order valence-corrected chi connectivity index (χ1v) is 8.63. The van der Waals surface area contributed by atoms with Gasteiger partial charge in [-0.2, -0.15) is 0 Å². The van der Waals surface area contributed by atoms with Gasteiger partial charge in [-0.25, -0.2) is 0 Å². The summed E-state index contributed by atoms with van der Waals surface area (Å²) in [6.45, 7) is 2.04. The molecule has 126 valence electrons. The average Bonchev–Trinajstić information content (AvgIpc) is 2.64. The van der Waals surface area contributed by atoms with Crippen LogP contribution in [0.2, 0.25) is 0 Å². The van der Waals surface area contributed by atoms with Gasteiger partial charge < -0.3 is 9.64 Å². The van der Waals surface area contributed by atoms with Crippen LogP contribution in [0.25, 0.3) is 0 Å². The Morgan fingerprint density at radius 3 is 2.71 bits per heavy atom. The van der Waals surface area contributed by atoms with Crippen LogP contribution in [0.4, 0.5) is 0 Å². The van der Waals surface area contributed by atoms with Gasteiger partial charge in [-0.05, 0) is 42.5 Å². The van der Waals surface area contributed by atoms with E-state index in [1.54, 1.807) is 12.4 Å². The van der Waals surface area contributed by atoms with E-state index < -0.39 is 0 Å². The fourth-order valence-corrected chi connectivity index (χ4v) is 3.09. The van der Waals surface area contributed by atoms with Crippen LogP contribution in [0, 0.1) is 0 Å². The van der Waals surface area contributed by atoms with E-state index >= 15 is 0 Å². The predicted molar refractivity (Wildman–Crippen MR) is 93.6 cm³/mol. The maximum atomic E-state index is 12.5. The second kappa shape index (κ2) is 8.60. The fourth-order valence-electron chi connectivity index (χ4n) is 3.09. The van der Waals surface area contributed by atoms with E-state index in [1.807, 2.05) is 23.1 Å². The van der Waals surface area contributed by atoms with Gasteiger partial charge in [-0.15, -0.1) is 0 Å². The Hall–Kier alpha value is -2.20. The van der Waals surface area contributed by atoms with Gasteiger partial charge >= 0.3 is 0 Å². The second-order valence-corrected chi connectivity index (χ2v) is 6.24. The summed E-state index contributed by atoms with van der Waals surface area (Å²) in [5, 5.41) is 0. The number of hydrogen-bond acceptors (Lipinski definition) is 3. The third-order valence-corrected chi connectivity index (χ3v) is 4.43. The summed E-state index contributed by atoms with van der Waals surface area (Å²) >= 11 is 0. The molecule has 2 heterocycles. The molecule has 0 saturated carbocycles. The zero-order valence-electron chi connectivity index (χ0n) is 13.9. The molecule has 1 aromatic carbocycles. The molecule has 1 aliphatic heterocycles. The van der Waals surface area contributed by atoms with E-state index in [9.17, 15) is 4.79 Å². The van der Waals surface area contributed by atoms with Crippen molar-refractivity contribution in [2.24, 2.45) is 0 Å². The highest BCUT2D eigenvalue weighted by atomic mass is 16.5. The highest BCUT2D eigenvalue weighted by molar-refractivity contribution is 5.78. The van der Waals surface area contributed by atoms with Crippen LogP contribution in [0.15, 0.2) is 54.9 Å². The number of rotatable bonds is 6. The molecule has 1 saturated heterocycles. The average molecular weight is 324 g/mol. The molecule has 0 bridgehead atoms. The number of hydrogen-bond donors (Lipinski definition) is 0. The molecule has 3 rings (SSSR count). The number of carbonyl (C=O) groups is 1. The molecule has 1 atom stereocenters. The summed E-state index contributed by atoms with van der Waals surface area (Å²) in [6, 6.07) is 14.3. The first kappa shape index (κ1) is 16.7. The fraction of sp³-hybridized carbons (Fsp3) is 0.400. The van der Waals surface area contributed by atoms with Crippen molar-refractivity contribution in [2.75, 3.05) is 19.7 Å². The van der Waals surface area contributed by atoms with Crippen LogP contribution in [-0.4, -0.2) is 41.6 Å². The van der Waals surface area contributed by atoms with E-state index in [0.717, 1.165) is 24.8 Å². The van der Waals surface area contributed by atoms with Gasteiger partial charge in [0.25, 0.3) is 0 Å². The van der Waals surface area contributed by atoms with Crippen LogP contribution < -0.4 is 0 Å². The summed E-state index contributed by atoms with van der Waals surface area (Å²) in [6.07, 6.45) is 7.20. The number of pyridine rings is 1. The van der Waals surface area contributed by atoms with Crippen LogP contribution in [0.3, 0.4) is 0 Å². The Kier molecular flexibility index (Phi) is 5.96. The van der Waals surface area contributed by atoms with Crippen LogP contribution in [0.5, 0.6) is 0 Å². The number of amides is 1. The molecule has 24 heavy (non-hydrogen) atoms. The number of benzene rings is 1. The lowest BCUT2D eigenvalue weighted by molar-refractivity contribution is -0.138. The molecule has 1 fully saturated rings. The lowest BCUT2D eigenvalue weighted by atomic mass is 10.0. The Morgan fingerprint density at radius 1 is 1.12 bits per heavy atom. The molecule has 2 aromatic rings. The van der Waals surface area contributed by atoms with Crippen molar-refractivity contribution in [3.63, 3.8) is 0 Å². The zero-order chi connectivity index (χ0) is 16.6. The minimum Gasteiger partial charge on any atom is -0.375 e. The third kappa shape index (κ3) is 4.90. The van der Waals surface area contributed by atoms with Crippen molar-refractivity contribution >= 4 is 5.91 Å². The lowest BCUT2D eigenvalue weighted by Gasteiger charge is -2.33. The summed E-state index contributed by atoms with van der Waals surface area (Å²) in [5.41, 5.74) is 2.38. The number of ether oxygens (including phenoxy) is 1. The normalized spacial score (nSPS) is 17.7. The molecular weight excluding hydrogens is 300 g/mol. The van der Waals surface area contributed by atoms with Crippen molar-refractivity contribution in [1.82, 2.24) is 9.88 Å². The van der Waals surface area contributed by atoms with Crippen molar-refractivity contribution < 1.29 is 9.53 Å². The third-order valence-electron chi connectivity index (χ3n) is 4.43. The van der Waals surface area contributed by atoms with Gasteiger partial charge in [-0.3, -0.25) is 9.78 Å². The Balaban J connectivity index is 1.44. The van der Waals surface area contributed by atoms with E-state index in [0.29, 0.717) is 26.1 Å². The number of nitrogens with zero attached hydrogens (tertiary/aromatic N) is 2. The summed E-state index contributed by atoms with van der Waals surface area (Å²) in [4.78, 5) is 18.4. The number of carbonyl (C=O) groups excluding carboxylic acids is 1. The van der Waals surface area contributed by atoms with Gasteiger partial charge in [0.05, 0.1) is 19.1 Å². The second-order valence-electron chi connectivity index (χ2n) is 6.24. The molecule has 1 amide bonds. The highest BCUT2D eigenvalue weighted by Gasteiger charge is 2.23. The molecule has 0 unspecified atom stereocenters. The zero-order valence-corrected chi connectivity index (χ0v) is 13.9. The topological polar surface area (TPSA) is 42.4 Å². The maximum absolute atomic E-state index is 12.5. The molecule has 4 heteroatoms. The van der Waals surface area contributed by atoms with Crippen LogP contribution in [-0.2, 0) is 22.4 Å². The first-order valence-electron chi connectivity index (χ1n) is 8.63. The Labute approximate surface area is 143 Å². The quantitative estimate of drug-likeness (QED) is 0.820. The van der Waals surface area contributed by atoms with Gasteiger partial charge in [0, 0.05) is 25.5 Å². The van der Waals surface area contributed by atoms with E-state index in [4.69, 9.17) is 4.74 Å². The van der Waals surface area contributed by atoms with Crippen molar-refractivity contribution in [2.45, 2.75) is 31.8 Å². The van der Waals surface area contributed by atoms with Gasteiger partial charge in [0.15, 0.2) is 0 Å². The largest absolute Gasteiger partial charge is 0.375 e. The van der Waals surface area contributed by atoms with E-state index in [1.165, 1.54) is 5.56 Å². The van der Waals surface area contributed by atoms with Crippen LogP contribution >= 0.6 is 0 Å². The smallest absolute Gasteiger partial charge is 0.227 e. The highest BCUT2D eigenvalue weighted by Crippen LogP contribution is 2.14. The molecule has 0 spiro atoms. The molecule has 1 aliphatic rings. The maximum Gasteiger partial charge on any atom is 0.227 e. The van der Waals surface area contributed by atoms with E-state index in [2.05, 4.69) is 29.2 Å². The first-order chi connectivity index (χ1) is 11.8. The molecule has 0 radical (unpaired) electrons. The van der Waals surface area contributed by atoms with Crippen molar-refractivity contribution in [1.29, 1.82) is 0 Å². The standard InChI is InChI=1S/C20H24N2O2/c23-20(15-18-9-11-21-12-10-18)22-13-14-24-19(16-22)8-4-7-17-5-2-1-3-6-17/h1-3,5-6,9-12,19H,4,7-8,13-16H2/t19-/m1/s1. The van der Waals surface area contributed by atoms with Gasteiger partial charge in [-0.1, -0.05) is 30.3 Å². The molecule has 1 aromatic heterocycles. The molecular formula is C20H24N2O2. The lowest BCUT2D eigenvalue weighted by Crippen LogP contribution is -2.46. The summed E-state index contributed by atoms with van der Waals surface area (Å²) in [5.74, 6) is 0.178. The van der Waals surface area contributed by atoms with Gasteiger partial charge in [0.2, 0.25) is 5.91 Å². The molecule has 0 N–H and O–H groups in total. The van der Waals surface area contributed by atoms with Crippen molar-refractivity contribution in [3.05, 3.63) is 66.0 Å². The van der Waals surface area contributed by atoms with Gasteiger partial charge in [0.1, 0.15) is 0 Å². The molecule has 4 nitrogen and oxygen atoms in total. The monoisotopic (exact) mass is 324 g/mol. The minimum absolute atomic E-state index is 0.156.